The van der Waals surface area contributed by atoms with E-state index in [0.29, 0.717) is 24.6 Å². The molecule has 0 radical (unpaired) electrons. The first kappa shape index (κ1) is 21.0. The first-order valence-electron chi connectivity index (χ1n) is 10.1. The normalized spacial score (nSPS) is 14.7. The minimum absolute atomic E-state index is 0.000836. The summed E-state index contributed by atoms with van der Waals surface area (Å²) in [6, 6.07) is 15.5. The summed E-state index contributed by atoms with van der Waals surface area (Å²) in [6.07, 6.45) is 0.147. The van der Waals surface area contributed by atoms with Crippen molar-refractivity contribution in [2.45, 2.75) is 26.5 Å². The van der Waals surface area contributed by atoms with Crippen molar-refractivity contribution in [3.8, 4) is 17.2 Å². The molecular formula is C23H30N2O4. The third-order valence-corrected chi connectivity index (χ3v) is 4.87. The molecule has 1 aliphatic heterocycles. The molecule has 0 unspecified atom stereocenters. The lowest BCUT2D eigenvalue weighted by molar-refractivity contribution is -0.135. The van der Waals surface area contributed by atoms with Crippen LogP contribution < -0.4 is 14.2 Å². The molecule has 0 saturated carbocycles. The highest BCUT2D eigenvalue weighted by molar-refractivity contribution is 5.78. The molecule has 1 saturated heterocycles. The van der Waals surface area contributed by atoms with Gasteiger partial charge in [-0.3, -0.25) is 9.69 Å². The number of nitrogens with zero attached hydrogens (tertiary/aromatic N) is 2. The third kappa shape index (κ3) is 5.87. The molecule has 2 aromatic carbocycles. The lowest BCUT2D eigenvalue weighted by Gasteiger charge is -2.35. The molecule has 1 fully saturated rings. The highest BCUT2D eigenvalue weighted by Gasteiger charge is 2.22. The average molecular weight is 399 g/mol. The van der Waals surface area contributed by atoms with Crippen LogP contribution in [0.15, 0.2) is 48.5 Å². The minimum Gasteiger partial charge on any atom is -0.493 e. The molecule has 156 valence electrons. The van der Waals surface area contributed by atoms with Crippen LogP contribution in [-0.4, -0.2) is 61.7 Å². The quantitative estimate of drug-likeness (QED) is 0.684. The summed E-state index contributed by atoms with van der Waals surface area (Å²) in [6.45, 7) is 7.96. The van der Waals surface area contributed by atoms with E-state index < -0.39 is 0 Å². The summed E-state index contributed by atoms with van der Waals surface area (Å²) < 4.78 is 16.9. The molecule has 0 aromatic heterocycles. The molecule has 0 bridgehead atoms. The van der Waals surface area contributed by atoms with Gasteiger partial charge in [-0.1, -0.05) is 30.3 Å². The van der Waals surface area contributed by atoms with Gasteiger partial charge in [-0.15, -0.1) is 0 Å². The van der Waals surface area contributed by atoms with Crippen molar-refractivity contribution < 1.29 is 19.0 Å². The van der Waals surface area contributed by atoms with Gasteiger partial charge in [0.2, 0.25) is 0 Å². The van der Waals surface area contributed by atoms with E-state index in [4.69, 9.17) is 14.2 Å². The molecule has 1 aliphatic rings. The zero-order valence-electron chi connectivity index (χ0n) is 17.5. The van der Waals surface area contributed by atoms with Crippen LogP contribution in [0.4, 0.5) is 0 Å². The molecule has 6 nitrogen and oxygen atoms in total. The van der Waals surface area contributed by atoms with Crippen molar-refractivity contribution in [3.05, 3.63) is 54.1 Å². The number of carbonyl (C=O) groups is 1. The van der Waals surface area contributed by atoms with Crippen LogP contribution in [0.2, 0.25) is 0 Å². The number of carbonyl (C=O) groups excluding carboxylic acids is 1. The van der Waals surface area contributed by atoms with E-state index in [9.17, 15) is 4.79 Å². The number of hydrogen-bond donors (Lipinski definition) is 0. The summed E-state index contributed by atoms with van der Waals surface area (Å²) >= 11 is 0. The van der Waals surface area contributed by atoms with Gasteiger partial charge in [0.15, 0.2) is 18.1 Å². The van der Waals surface area contributed by atoms with Gasteiger partial charge < -0.3 is 19.1 Å². The topological polar surface area (TPSA) is 51.2 Å². The third-order valence-electron chi connectivity index (χ3n) is 4.87. The first-order valence-corrected chi connectivity index (χ1v) is 10.1. The number of hydrogen-bond acceptors (Lipinski definition) is 5. The summed E-state index contributed by atoms with van der Waals surface area (Å²) in [5.41, 5.74) is 1.18. The molecule has 0 atom stereocenters. The number of rotatable bonds is 8. The lowest BCUT2D eigenvalue weighted by atomic mass is 10.1. The second kappa shape index (κ2) is 10.2. The summed E-state index contributed by atoms with van der Waals surface area (Å²) in [5, 5.41) is 0. The number of para-hydroxylation sites is 3. The van der Waals surface area contributed by atoms with Crippen LogP contribution in [0, 0.1) is 0 Å². The van der Waals surface area contributed by atoms with Gasteiger partial charge in [0.25, 0.3) is 5.91 Å². The van der Waals surface area contributed by atoms with Crippen molar-refractivity contribution in [1.29, 1.82) is 0 Å². The number of benzene rings is 2. The highest BCUT2D eigenvalue weighted by atomic mass is 16.5. The fraction of sp³-hybridized carbons (Fsp3) is 0.435. The second-order valence-electron chi connectivity index (χ2n) is 7.37. The smallest absolute Gasteiger partial charge is 0.260 e. The van der Waals surface area contributed by atoms with Crippen LogP contribution in [-0.2, 0) is 11.3 Å². The van der Waals surface area contributed by atoms with Crippen LogP contribution in [0.1, 0.15) is 19.4 Å². The van der Waals surface area contributed by atoms with Crippen LogP contribution in [0.5, 0.6) is 17.2 Å². The molecule has 1 heterocycles. The number of piperazine rings is 1. The Hall–Kier alpha value is -2.73. The Balaban J connectivity index is 1.48. The Labute approximate surface area is 173 Å². The maximum Gasteiger partial charge on any atom is 0.260 e. The molecule has 0 N–H and O–H groups in total. The lowest BCUT2D eigenvalue weighted by Crippen LogP contribution is -2.49. The van der Waals surface area contributed by atoms with E-state index in [-0.39, 0.29) is 18.6 Å². The Morgan fingerprint density at radius 2 is 1.55 bits per heavy atom. The largest absolute Gasteiger partial charge is 0.493 e. The van der Waals surface area contributed by atoms with E-state index in [1.165, 1.54) is 5.56 Å². The van der Waals surface area contributed by atoms with Crippen molar-refractivity contribution >= 4 is 5.91 Å². The van der Waals surface area contributed by atoms with Gasteiger partial charge in [0.1, 0.15) is 5.75 Å². The number of amides is 1. The molecule has 0 spiro atoms. The maximum atomic E-state index is 12.5. The Morgan fingerprint density at radius 1 is 0.931 bits per heavy atom. The zero-order chi connectivity index (χ0) is 20.6. The van der Waals surface area contributed by atoms with E-state index in [0.717, 1.165) is 25.4 Å². The fourth-order valence-corrected chi connectivity index (χ4v) is 3.37. The SMILES string of the molecule is COc1ccccc1OCC(=O)N1CCN(Cc2ccccc2OC(C)C)CC1. The van der Waals surface area contributed by atoms with Gasteiger partial charge in [-0.25, -0.2) is 0 Å². The van der Waals surface area contributed by atoms with Gasteiger partial charge in [0, 0.05) is 38.3 Å². The molecule has 0 aliphatic carbocycles. The van der Waals surface area contributed by atoms with Crippen molar-refractivity contribution in [3.63, 3.8) is 0 Å². The standard InChI is InChI=1S/C23H30N2O4/c1-18(2)29-20-9-5-4-8-19(20)16-24-12-14-25(15-13-24)23(26)17-28-22-11-7-6-10-21(22)27-3/h4-11,18H,12-17H2,1-3H3. The monoisotopic (exact) mass is 398 g/mol. The minimum atomic E-state index is -0.000836. The van der Waals surface area contributed by atoms with Crippen molar-refractivity contribution in [2.75, 3.05) is 39.9 Å². The second-order valence-corrected chi connectivity index (χ2v) is 7.37. The van der Waals surface area contributed by atoms with Gasteiger partial charge in [0.05, 0.1) is 13.2 Å². The molecule has 6 heteroatoms. The summed E-state index contributed by atoms with van der Waals surface area (Å²) in [4.78, 5) is 16.8. The first-order chi connectivity index (χ1) is 14.1. The molecule has 29 heavy (non-hydrogen) atoms. The van der Waals surface area contributed by atoms with Gasteiger partial charge >= 0.3 is 0 Å². The van der Waals surface area contributed by atoms with Crippen LogP contribution in [0.3, 0.4) is 0 Å². The summed E-state index contributed by atoms with van der Waals surface area (Å²) in [7, 11) is 1.59. The molecule has 3 rings (SSSR count). The molecule has 1 amide bonds. The van der Waals surface area contributed by atoms with E-state index >= 15 is 0 Å². The Morgan fingerprint density at radius 3 is 2.21 bits per heavy atom. The van der Waals surface area contributed by atoms with Crippen LogP contribution >= 0.6 is 0 Å². The predicted octanol–water partition coefficient (Wildman–Crippen LogP) is 3.21. The molecular weight excluding hydrogens is 368 g/mol. The van der Waals surface area contributed by atoms with Gasteiger partial charge in [-0.2, -0.15) is 0 Å². The van der Waals surface area contributed by atoms with E-state index in [2.05, 4.69) is 11.0 Å². The number of methoxy groups -OCH3 is 1. The maximum absolute atomic E-state index is 12.5. The Kier molecular flexibility index (Phi) is 7.36. The van der Waals surface area contributed by atoms with E-state index in [1.54, 1.807) is 13.2 Å². The van der Waals surface area contributed by atoms with Crippen molar-refractivity contribution in [1.82, 2.24) is 9.80 Å². The highest BCUT2D eigenvalue weighted by Crippen LogP contribution is 2.26. The summed E-state index contributed by atoms with van der Waals surface area (Å²) in [5.74, 6) is 2.15. The zero-order valence-corrected chi connectivity index (χ0v) is 17.5. The molecule has 2 aromatic rings. The predicted molar refractivity (Wildman–Crippen MR) is 113 cm³/mol. The average Bonchev–Trinajstić information content (AvgIpc) is 2.74. The Bertz CT molecular complexity index is 801. The van der Waals surface area contributed by atoms with Gasteiger partial charge in [-0.05, 0) is 32.0 Å². The van der Waals surface area contributed by atoms with Crippen molar-refractivity contribution in [2.24, 2.45) is 0 Å². The van der Waals surface area contributed by atoms with Crippen LogP contribution in [0.25, 0.3) is 0 Å². The van der Waals surface area contributed by atoms with E-state index in [1.807, 2.05) is 55.1 Å². The number of ether oxygens (including phenoxy) is 3. The fourth-order valence-electron chi connectivity index (χ4n) is 3.37.